The molecular formula is C13H17N3S2. The van der Waals surface area contributed by atoms with E-state index in [4.69, 9.17) is 5.73 Å². The zero-order valence-corrected chi connectivity index (χ0v) is 12.4. The molecular weight excluding hydrogens is 262 g/mol. The molecule has 2 rings (SSSR count). The molecule has 0 unspecified atom stereocenters. The molecule has 0 aromatic carbocycles. The van der Waals surface area contributed by atoms with Gasteiger partial charge in [-0.3, -0.25) is 0 Å². The van der Waals surface area contributed by atoms with E-state index in [-0.39, 0.29) is 5.41 Å². The van der Waals surface area contributed by atoms with Crippen molar-refractivity contribution in [3.63, 3.8) is 0 Å². The molecule has 0 aliphatic carbocycles. The Morgan fingerprint density at radius 3 is 2.78 bits per heavy atom. The summed E-state index contributed by atoms with van der Waals surface area (Å²) in [4.78, 5) is 8.92. The molecule has 2 aromatic rings. The van der Waals surface area contributed by atoms with Crippen molar-refractivity contribution in [1.29, 1.82) is 0 Å². The highest BCUT2D eigenvalue weighted by molar-refractivity contribution is 7.98. The molecule has 5 heteroatoms. The number of rotatable bonds is 3. The Morgan fingerprint density at radius 2 is 2.17 bits per heavy atom. The number of thiazole rings is 1. The molecule has 0 fully saturated rings. The number of nitrogen functional groups attached to an aromatic ring is 1. The second-order valence-electron chi connectivity index (χ2n) is 5.08. The van der Waals surface area contributed by atoms with Gasteiger partial charge < -0.3 is 5.73 Å². The number of anilines is 1. The standard InChI is InChI=1S/C13H17N3S2/c1-13(2,3)12-16-9(8-18-12)7-17-11-10(14)5-4-6-15-11/h4-6,8H,7,14H2,1-3H3. The summed E-state index contributed by atoms with van der Waals surface area (Å²) in [6, 6.07) is 3.72. The number of hydrogen-bond donors (Lipinski definition) is 1. The normalized spacial score (nSPS) is 11.7. The third kappa shape index (κ3) is 3.23. The van der Waals surface area contributed by atoms with Crippen molar-refractivity contribution in [3.8, 4) is 0 Å². The Hall–Kier alpha value is -1.07. The van der Waals surface area contributed by atoms with E-state index in [2.05, 4.69) is 36.1 Å². The van der Waals surface area contributed by atoms with Crippen LogP contribution in [0.2, 0.25) is 0 Å². The molecule has 0 aliphatic rings. The third-order valence-corrected chi connectivity index (χ3v) is 4.72. The number of nitrogens with two attached hydrogens (primary N) is 1. The number of aromatic nitrogens is 2. The molecule has 18 heavy (non-hydrogen) atoms. The molecule has 0 amide bonds. The molecule has 0 aliphatic heterocycles. The molecule has 0 atom stereocenters. The van der Waals surface area contributed by atoms with E-state index >= 15 is 0 Å². The van der Waals surface area contributed by atoms with E-state index in [1.807, 2.05) is 12.1 Å². The first kappa shape index (κ1) is 13.4. The summed E-state index contributed by atoms with van der Waals surface area (Å²) in [6.45, 7) is 6.54. The zero-order chi connectivity index (χ0) is 13.2. The van der Waals surface area contributed by atoms with Crippen LogP contribution >= 0.6 is 23.1 Å². The van der Waals surface area contributed by atoms with E-state index in [1.54, 1.807) is 29.3 Å². The van der Waals surface area contributed by atoms with Crippen LogP contribution in [0.15, 0.2) is 28.7 Å². The Morgan fingerprint density at radius 1 is 1.39 bits per heavy atom. The lowest BCUT2D eigenvalue weighted by Gasteiger charge is -2.13. The maximum Gasteiger partial charge on any atom is 0.119 e. The van der Waals surface area contributed by atoms with E-state index in [1.165, 1.54) is 5.01 Å². The number of pyridine rings is 1. The Bertz CT molecular complexity index is 529. The van der Waals surface area contributed by atoms with Gasteiger partial charge in [0.25, 0.3) is 0 Å². The van der Waals surface area contributed by atoms with Crippen LogP contribution in [0, 0.1) is 0 Å². The maximum absolute atomic E-state index is 5.86. The fourth-order valence-electron chi connectivity index (χ4n) is 1.38. The number of hydrogen-bond acceptors (Lipinski definition) is 5. The lowest BCUT2D eigenvalue weighted by Crippen LogP contribution is -2.10. The van der Waals surface area contributed by atoms with Crippen LogP contribution in [0.25, 0.3) is 0 Å². The van der Waals surface area contributed by atoms with Crippen LogP contribution < -0.4 is 5.73 Å². The topological polar surface area (TPSA) is 51.8 Å². The van der Waals surface area contributed by atoms with Crippen LogP contribution in [-0.2, 0) is 11.2 Å². The predicted molar refractivity (Wildman–Crippen MR) is 79.0 cm³/mol. The summed E-state index contributed by atoms with van der Waals surface area (Å²) >= 11 is 3.35. The molecule has 2 N–H and O–H groups in total. The van der Waals surface area contributed by atoms with Crippen LogP contribution in [-0.4, -0.2) is 9.97 Å². The first-order chi connectivity index (χ1) is 8.47. The second kappa shape index (κ2) is 5.28. The molecule has 0 saturated carbocycles. The van der Waals surface area contributed by atoms with Crippen molar-refractivity contribution >= 4 is 28.8 Å². The minimum atomic E-state index is 0.123. The third-order valence-electron chi connectivity index (χ3n) is 2.35. The summed E-state index contributed by atoms with van der Waals surface area (Å²) in [5.41, 5.74) is 7.81. The SMILES string of the molecule is CC(C)(C)c1nc(CSc2ncccc2N)cs1. The van der Waals surface area contributed by atoms with Gasteiger partial charge in [-0.1, -0.05) is 32.5 Å². The molecule has 2 heterocycles. The molecule has 3 nitrogen and oxygen atoms in total. The van der Waals surface area contributed by atoms with Gasteiger partial charge in [-0.15, -0.1) is 11.3 Å². The molecule has 0 bridgehead atoms. The highest BCUT2D eigenvalue weighted by Crippen LogP contribution is 2.29. The Kier molecular flexibility index (Phi) is 3.92. The van der Waals surface area contributed by atoms with E-state index < -0.39 is 0 Å². The van der Waals surface area contributed by atoms with Gasteiger partial charge in [-0.2, -0.15) is 0 Å². The molecule has 2 aromatic heterocycles. The summed E-state index contributed by atoms with van der Waals surface area (Å²) in [7, 11) is 0. The second-order valence-corrected chi connectivity index (χ2v) is 6.90. The first-order valence-corrected chi connectivity index (χ1v) is 7.61. The Balaban J connectivity index is 2.03. The fourth-order valence-corrected chi connectivity index (χ4v) is 3.20. The first-order valence-electron chi connectivity index (χ1n) is 5.75. The zero-order valence-electron chi connectivity index (χ0n) is 10.8. The number of nitrogens with zero attached hydrogens (tertiary/aromatic N) is 2. The molecule has 0 saturated heterocycles. The van der Waals surface area contributed by atoms with Crippen LogP contribution in [0.5, 0.6) is 0 Å². The van der Waals surface area contributed by atoms with Crippen LogP contribution in [0.1, 0.15) is 31.5 Å². The summed E-state index contributed by atoms with van der Waals surface area (Å²) < 4.78 is 0. The minimum Gasteiger partial charge on any atom is -0.397 e. The monoisotopic (exact) mass is 279 g/mol. The minimum absolute atomic E-state index is 0.123. The van der Waals surface area contributed by atoms with E-state index in [9.17, 15) is 0 Å². The van der Waals surface area contributed by atoms with Gasteiger partial charge in [0.15, 0.2) is 0 Å². The van der Waals surface area contributed by atoms with Gasteiger partial charge in [-0.25, -0.2) is 9.97 Å². The highest BCUT2D eigenvalue weighted by Gasteiger charge is 2.18. The van der Waals surface area contributed by atoms with Crippen molar-refractivity contribution in [1.82, 2.24) is 9.97 Å². The van der Waals surface area contributed by atoms with E-state index in [0.29, 0.717) is 0 Å². The lowest BCUT2D eigenvalue weighted by molar-refractivity contribution is 0.584. The van der Waals surface area contributed by atoms with Gasteiger partial charge in [0.1, 0.15) is 5.03 Å². The molecule has 0 radical (unpaired) electrons. The van der Waals surface area contributed by atoms with Crippen LogP contribution in [0.3, 0.4) is 0 Å². The average Bonchev–Trinajstić information content (AvgIpc) is 2.76. The molecule has 0 spiro atoms. The summed E-state index contributed by atoms with van der Waals surface area (Å²) in [6.07, 6.45) is 1.76. The van der Waals surface area contributed by atoms with Crippen molar-refractivity contribution in [3.05, 3.63) is 34.4 Å². The van der Waals surface area contributed by atoms with Gasteiger partial charge in [0, 0.05) is 22.7 Å². The highest BCUT2D eigenvalue weighted by atomic mass is 32.2. The largest absolute Gasteiger partial charge is 0.397 e. The van der Waals surface area contributed by atoms with Crippen LogP contribution in [0.4, 0.5) is 5.69 Å². The fraction of sp³-hybridized carbons (Fsp3) is 0.385. The number of thioether (sulfide) groups is 1. The van der Waals surface area contributed by atoms with Gasteiger partial charge in [0.05, 0.1) is 16.4 Å². The van der Waals surface area contributed by atoms with Crippen molar-refractivity contribution in [2.45, 2.75) is 37.0 Å². The summed E-state index contributed by atoms with van der Waals surface area (Å²) in [5, 5.41) is 4.17. The quantitative estimate of drug-likeness (QED) is 0.870. The van der Waals surface area contributed by atoms with Gasteiger partial charge in [0.2, 0.25) is 0 Å². The van der Waals surface area contributed by atoms with Crippen molar-refractivity contribution < 1.29 is 0 Å². The van der Waals surface area contributed by atoms with E-state index in [0.717, 1.165) is 22.2 Å². The Labute approximate surface area is 116 Å². The predicted octanol–water partition coefficient (Wildman–Crippen LogP) is 3.71. The van der Waals surface area contributed by atoms with Crippen molar-refractivity contribution in [2.24, 2.45) is 0 Å². The van der Waals surface area contributed by atoms with Gasteiger partial charge in [-0.05, 0) is 12.1 Å². The average molecular weight is 279 g/mol. The maximum atomic E-state index is 5.86. The van der Waals surface area contributed by atoms with Gasteiger partial charge >= 0.3 is 0 Å². The lowest BCUT2D eigenvalue weighted by atomic mass is 9.98. The molecule has 96 valence electrons. The summed E-state index contributed by atoms with van der Waals surface area (Å²) in [5.74, 6) is 0.813. The van der Waals surface area contributed by atoms with Crippen molar-refractivity contribution in [2.75, 3.05) is 5.73 Å². The smallest absolute Gasteiger partial charge is 0.119 e.